The van der Waals surface area contributed by atoms with E-state index in [2.05, 4.69) is 20.3 Å². The molecule has 3 fully saturated rings. The molecule has 2 atom stereocenters. The molecule has 2 saturated carbocycles. The molecule has 6 rings (SSSR count). The maximum Gasteiger partial charge on any atom is 0.276 e. The molecule has 1 amide bonds. The molecule has 2 aliphatic heterocycles. The number of hydrogen-bond donors (Lipinski definition) is 3. The molecule has 2 aromatic rings. The lowest BCUT2D eigenvalue weighted by Gasteiger charge is -2.34. The molecule has 0 aromatic carbocycles. The summed E-state index contributed by atoms with van der Waals surface area (Å²) in [6, 6.07) is -0.271. The first kappa shape index (κ1) is 21.9. The zero-order chi connectivity index (χ0) is 23.7. The van der Waals surface area contributed by atoms with Crippen molar-refractivity contribution in [3.8, 4) is 0 Å². The molecule has 0 radical (unpaired) electrons. The van der Waals surface area contributed by atoms with Crippen molar-refractivity contribution in [2.45, 2.75) is 80.1 Å². The molecule has 3 N–H and O–H groups in total. The van der Waals surface area contributed by atoms with Crippen LogP contribution in [0.25, 0.3) is 0 Å². The summed E-state index contributed by atoms with van der Waals surface area (Å²) in [7, 11) is -3.62. The van der Waals surface area contributed by atoms with E-state index in [-0.39, 0.29) is 23.1 Å². The third-order valence-electron chi connectivity index (χ3n) is 7.93. The van der Waals surface area contributed by atoms with Crippen molar-refractivity contribution >= 4 is 27.7 Å². The lowest BCUT2D eigenvalue weighted by atomic mass is 9.98. The minimum Gasteiger partial charge on any atom is -0.388 e. The summed E-state index contributed by atoms with van der Waals surface area (Å²) in [6.07, 6.45) is 9.77. The minimum absolute atomic E-state index is 0.0103. The van der Waals surface area contributed by atoms with Gasteiger partial charge in [0.25, 0.3) is 10.0 Å². The van der Waals surface area contributed by atoms with Crippen LogP contribution < -0.4 is 10.2 Å². The van der Waals surface area contributed by atoms with Crippen molar-refractivity contribution in [3.05, 3.63) is 24.2 Å². The number of carbonyl (C=O) groups is 1. The van der Waals surface area contributed by atoms with Gasteiger partial charge in [-0.1, -0.05) is 0 Å². The van der Waals surface area contributed by atoms with Gasteiger partial charge in [-0.15, -0.1) is 0 Å². The highest BCUT2D eigenvalue weighted by atomic mass is 32.2. The smallest absolute Gasteiger partial charge is 0.276 e. The molecule has 34 heavy (non-hydrogen) atoms. The van der Waals surface area contributed by atoms with Crippen LogP contribution in [0.3, 0.4) is 0 Å². The number of hydrogen-bond acceptors (Lipinski definition) is 8. The maximum absolute atomic E-state index is 13.4. The zero-order valence-electron chi connectivity index (χ0n) is 19.1. The number of imidazole rings is 1. The van der Waals surface area contributed by atoms with Crippen LogP contribution in [0, 0.1) is 0 Å². The first-order valence-electron chi connectivity index (χ1n) is 11.9. The summed E-state index contributed by atoms with van der Waals surface area (Å²) >= 11 is 0. The molecule has 0 unspecified atom stereocenters. The SMILES string of the molecule is C[C@]1(O)CCC[C@@H]1N1C(=O)C2(CC2)c2cnc(NC3CCN(S(=O)(=O)c4ncc[nH]4)CC3)nc21. The van der Waals surface area contributed by atoms with E-state index in [1.165, 1.54) is 16.7 Å². The second-order valence-electron chi connectivity index (χ2n) is 10.2. The van der Waals surface area contributed by atoms with E-state index in [0.29, 0.717) is 44.1 Å². The molecule has 4 aliphatic rings. The van der Waals surface area contributed by atoms with E-state index in [1.54, 1.807) is 18.0 Å². The standard InChI is InChI=1S/C22H29N7O4S/c1-21(31)6-2-3-16(21)29-17-15(22(7-8-22)18(29)30)13-25-19(27-17)26-14-4-11-28(12-5-14)34(32,33)20-23-9-10-24-20/h9-10,13-14,16,31H,2-8,11-12H2,1H3,(H,23,24)(H,25,26,27)/t16-,21-/m0/s1. The summed E-state index contributed by atoms with van der Waals surface area (Å²) in [5.41, 5.74) is -0.582. The quantitative estimate of drug-likeness (QED) is 0.570. The van der Waals surface area contributed by atoms with Crippen LogP contribution in [-0.2, 0) is 20.2 Å². The molecule has 1 spiro atoms. The van der Waals surface area contributed by atoms with Crippen molar-refractivity contribution in [1.29, 1.82) is 0 Å². The number of fused-ring (bicyclic) bond motifs is 2. The van der Waals surface area contributed by atoms with E-state index in [4.69, 9.17) is 4.98 Å². The molecule has 182 valence electrons. The number of aliphatic hydroxyl groups is 1. The molecule has 12 heteroatoms. The largest absolute Gasteiger partial charge is 0.388 e. The number of sulfonamides is 1. The van der Waals surface area contributed by atoms with Gasteiger partial charge >= 0.3 is 0 Å². The minimum atomic E-state index is -3.62. The molecular formula is C22H29N7O4S. The molecule has 11 nitrogen and oxygen atoms in total. The van der Waals surface area contributed by atoms with Crippen molar-refractivity contribution in [2.24, 2.45) is 0 Å². The van der Waals surface area contributed by atoms with Gasteiger partial charge in [0.1, 0.15) is 5.82 Å². The number of rotatable bonds is 5. The van der Waals surface area contributed by atoms with Crippen LogP contribution in [0.4, 0.5) is 11.8 Å². The van der Waals surface area contributed by atoms with Crippen molar-refractivity contribution < 1.29 is 18.3 Å². The first-order valence-corrected chi connectivity index (χ1v) is 13.4. The van der Waals surface area contributed by atoms with Crippen LogP contribution >= 0.6 is 0 Å². The Morgan fingerprint density at radius 3 is 2.56 bits per heavy atom. The summed E-state index contributed by atoms with van der Waals surface area (Å²) in [6.45, 7) is 2.54. The second kappa shape index (κ2) is 7.46. The highest BCUT2D eigenvalue weighted by Gasteiger charge is 2.63. The Morgan fingerprint density at radius 1 is 1.18 bits per heavy atom. The Labute approximate surface area is 198 Å². The number of piperidine rings is 1. The van der Waals surface area contributed by atoms with Crippen LogP contribution in [0.2, 0.25) is 0 Å². The van der Waals surface area contributed by atoms with Gasteiger partial charge in [0.15, 0.2) is 0 Å². The molecule has 0 bridgehead atoms. The van der Waals surface area contributed by atoms with Crippen molar-refractivity contribution in [1.82, 2.24) is 24.2 Å². The third-order valence-corrected chi connectivity index (χ3v) is 9.68. The average molecular weight is 488 g/mol. The third kappa shape index (κ3) is 3.26. The summed E-state index contributed by atoms with van der Waals surface area (Å²) in [5.74, 6) is 1.09. The Hall–Kier alpha value is -2.57. The molecule has 2 aromatic heterocycles. The molecule has 2 aliphatic carbocycles. The first-order chi connectivity index (χ1) is 16.2. The van der Waals surface area contributed by atoms with Gasteiger partial charge in [-0.2, -0.15) is 9.29 Å². The second-order valence-corrected chi connectivity index (χ2v) is 12.0. The number of aromatic amines is 1. The molecule has 4 heterocycles. The number of amides is 1. The Bertz CT molecular complexity index is 1220. The summed E-state index contributed by atoms with van der Waals surface area (Å²) < 4.78 is 26.8. The van der Waals surface area contributed by atoms with Crippen LogP contribution in [-0.4, -0.2) is 74.4 Å². The van der Waals surface area contributed by atoms with Gasteiger partial charge in [-0.25, -0.2) is 18.4 Å². The van der Waals surface area contributed by atoms with Gasteiger partial charge in [-0.3, -0.25) is 9.69 Å². The maximum atomic E-state index is 13.4. The number of carbonyl (C=O) groups excluding carboxylic acids is 1. The lowest BCUT2D eigenvalue weighted by Crippen LogP contribution is -2.50. The number of anilines is 2. The van der Waals surface area contributed by atoms with Crippen LogP contribution in [0.5, 0.6) is 0 Å². The fourth-order valence-corrected chi connectivity index (χ4v) is 7.13. The highest BCUT2D eigenvalue weighted by Crippen LogP contribution is 2.58. The molecule has 1 saturated heterocycles. The van der Waals surface area contributed by atoms with E-state index < -0.39 is 21.0 Å². The van der Waals surface area contributed by atoms with E-state index in [9.17, 15) is 18.3 Å². The Balaban J connectivity index is 1.20. The summed E-state index contributed by atoms with van der Waals surface area (Å²) in [4.78, 5) is 31.0. The van der Waals surface area contributed by atoms with Gasteiger partial charge in [0.05, 0.1) is 17.1 Å². The number of nitrogens with one attached hydrogen (secondary N) is 2. The van der Waals surface area contributed by atoms with Gasteiger partial charge in [0, 0.05) is 43.3 Å². The topological polar surface area (TPSA) is 144 Å². The normalized spacial score (nSPS) is 29.1. The van der Waals surface area contributed by atoms with Crippen molar-refractivity contribution in [3.63, 3.8) is 0 Å². The predicted octanol–water partition coefficient (Wildman–Crippen LogP) is 1.15. The Morgan fingerprint density at radius 2 is 1.94 bits per heavy atom. The van der Waals surface area contributed by atoms with E-state index in [1.807, 2.05) is 0 Å². The predicted molar refractivity (Wildman–Crippen MR) is 123 cm³/mol. The summed E-state index contributed by atoms with van der Waals surface area (Å²) in [5, 5.41) is 14.2. The lowest BCUT2D eigenvalue weighted by molar-refractivity contribution is -0.121. The highest BCUT2D eigenvalue weighted by molar-refractivity contribution is 7.88. The van der Waals surface area contributed by atoms with Gasteiger partial charge in [0.2, 0.25) is 17.0 Å². The van der Waals surface area contributed by atoms with Crippen LogP contribution in [0.1, 0.15) is 57.4 Å². The number of aromatic nitrogens is 4. The zero-order valence-corrected chi connectivity index (χ0v) is 19.9. The number of nitrogens with zero attached hydrogens (tertiary/aromatic N) is 5. The van der Waals surface area contributed by atoms with Crippen molar-refractivity contribution in [2.75, 3.05) is 23.3 Å². The van der Waals surface area contributed by atoms with E-state index >= 15 is 0 Å². The Kier molecular flexibility index (Phi) is 4.81. The fourth-order valence-electron chi connectivity index (χ4n) is 5.78. The fraction of sp³-hybridized carbons (Fsp3) is 0.636. The number of H-pyrrole nitrogens is 1. The average Bonchev–Trinajstić information content (AvgIpc) is 3.15. The molecular weight excluding hydrogens is 458 g/mol. The monoisotopic (exact) mass is 487 g/mol. The van der Waals surface area contributed by atoms with Gasteiger partial charge in [-0.05, 0) is 51.9 Å². The van der Waals surface area contributed by atoms with Crippen LogP contribution in [0.15, 0.2) is 23.7 Å². The van der Waals surface area contributed by atoms with Gasteiger partial charge < -0.3 is 15.4 Å². The van der Waals surface area contributed by atoms with E-state index in [0.717, 1.165) is 31.2 Å².